The summed E-state index contributed by atoms with van der Waals surface area (Å²) in [5, 5.41) is 5.79. The van der Waals surface area contributed by atoms with Crippen LogP contribution in [0.25, 0.3) is 0 Å². The fraction of sp³-hybridized carbons (Fsp3) is 0.417. The third-order valence-corrected chi connectivity index (χ3v) is 6.83. The Labute approximate surface area is 190 Å². The van der Waals surface area contributed by atoms with Gasteiger partial charge in [0.15, 0.2) is 0 Å². The van der Waals surface area contributed by atoms with Crippen LogP contribution in [-0.4, -0.2) is 39.1 Å². The number of hydrogen-bond donors (Lipinski definition) is 2. The van der Waals surface area contributed by atoms with Gasteiger partial charge in [-0.3, -0.25) is 13.9 Å². The lowest BCUT2D eigenvalue weighted by Crippen LogP contribution is -2.39. The molecule has 3 rings (SSSR count). The van der Waals surface area contributed by atoms with Gasteiger partial charge in [0.05, 0.1) is 23.2 Å². The van der Waals surface area contributed by atoms with Crippen LogP contribution < -0.4 is 14.9 Å². The summed E-state index contributed by atoms with van der Waals surface area (Å²) in [6, 6.07) is 12.4. The molecule has 1 aliphatic carbocycles. The maximum Gasteiger partial charge on any atom is 0.253 e. The summed E-state index contributed by atoms with van der Waals surface area (Å²) < 4.78 is 26.0. The van der Waals surface area contributed by atoms with Gasteiger partial charge in [0.25, 0.3) is 5.91 Å². The van der Waals surface area contributed by atoms with Crippen molar-refractivity contribution in [2.24, 2.45) is 0 Å². The van der Waals surface area contributed by atoms with Crippen LogP contribution in [0.5, 0.6) is 0 Å². The maximum atomic E-state index is 12.9. The summed E-state index contributed by atoms with van der Waals surface area (Å²) >= 11 is 0. The Morgan fingerprint density at radius 1 is 1.03 bits per heavy atom. The zero-order chi connectivity index (χ0) is 23.3. The molecular formula is C24H31N3O4S. The molecule has 2 amide bonds. The van der Waals surface area contributed by atoms with Gasteiger partial charge in [0, 0.05) is 6.04 Å². The van der Waals surface area contributed by atoms with Crippen molar-refractivity contribution in [3.05, 3.63) is 59.2 Å². The lowest BCUT2D eigenvalue weighted by molar-refractivity contribution is -0.114. The van der Waals surface area contributed by atoms with Crippen molar-refractivity contribution in [1.29, 1.82) is 0 Å². The van der Waals surface area contributed by atoms with E-state index in [0.29, 0.717) is 16.9 Å². The second-order valence-electron chi connectivity index (χ2n) is 8.46. The Hall–Kier alpha value is -2.87. The number of benzene rings is 2. The Morgan fingerprint density at radius 2 is 1.72 bits per heavy atom. The molecule has 32 heavy (non-hydrogen) atoms. The molecule has 2 N–H and O–H groups in total. The molecule has 172 valence electrons. The summed E-state index contributed by atoms with van der Waals surface area (Å²) in [6.07, 6.45) is 6.38. The van der Waals surface area contributed by atoms with E-state index in [2.05, 4.69) is 10.6 Å². The smallest absolute Gasteiger partial charge is 0.253 e. The third-order valence-electron chi connectivity index (χ3n) is 5.71. The van der Waals surface area contributed by atoms with Crippen molar-refractivity contribution in [3.8, 4) is 0 Å². The maximum absolute atomic E-state index is 12.9. The highest BCUT2D eigenvalue weighted by Crippen LogP contribution is 2.24. The minimum Gasteiger partial charge on any atom is -0.349 e. The molecule has 1 fully saturated rings. The van der Waals surface area contributed by atoms with Crippen LogP contribution in [0.1, 0.15) is 53.6 Å². The minimum atomic E-state index is -3.70. The van der Waals surface area contributed by atoms with Crippen LogP contribution in [0, 0.1) is 13.8 Å². The molecule has 8 heteroatoms. The van der Waals surface area contributed by atoms with Crippen molar-refractivity contribution in [2.45, 2.75) is 52.0 Å². The Morgan fingerprint density at radius 3 is 2.41 bits per heavy atom. The van der Waals surface area contributed by atoms with Gasteiger partial charge >= 0.3 is 0 Å². The fourth-order valence-corrected chi connectivity index (χ4v) is 4.90. The molecule has 0 bridgehead atoms. The summed E-state index contributed by atoms with van der Waals surface area (Å²) in [6.45, 7) is 3.28. The van der Waals surface area contributed by atoms with Crippen molar-refractivity contribution < 1.29 is 18.0 Å². The number of aryl methyl sites for hydroxylation is 2. The number of anilines is 2. The Bertz CT molecular complexity index is 1090. The third kappa shape index (κ3) is 6.09. The molecule has 0 radical (unpaired) electrons. The molecule has 2 aromatic carbocycles. The van der Waals surface area contributed by atoms with E-state index >= 15 is 0 Å². The van der Waals surface area contributed by atoms with Gasteiger partial charge in [0.1, 0.15) is 6.54 Å². The molecule has 0 aliphatic heterocycles. The number of para-hydroxylation sites is 1. The first-order valence-corrected chi connectivity index (χ1v) is 12.7. The van der Waals surface area contributed by atoms with Gasteiger partial charge in [-0.2, -0.15) is 0 Å². The number of amides is 2. The number of nitrogens with one attached hydrogen (secondary N) is 2. The average Bonchev–Trinajstić information content (AvgIpc) is 2.74. The van der Waals surface area contributed by atoms with E-state index < -0.39 is 15.9 Å². The number of hydrogen-bond acceptors (Lipinski definition) is 4. The normalized spacial score (nSPS) is 14.6. The second kappa shape index (κ2) is 10.2. The fourth-order valence-electron chi connectivity index (χ4n) is 3.99. The first kappa shape index (κ1) is 23.8. The Balaban J connectivity index is 1.77. The quantitative estimate of drug-likeness (QED) is 0.662. The number of rotatable bonds is 7. The van der Waals surface area contributed by atoms with Crippen LogP contribution in [-0.2, 0) is 14.8 Å². The van der Waals surface area contributed by atoms with E-state index in [1.165, 1.54) is 6.42 Å². The molecule has 0 aromatic heterocycles. The number of sulfonamides is 1. The Kier molecular flexibility index (Phi) is 7.56. The summed E-state index contributed by atoms with van der Waals surface area (Å²) in [7, 11) is -3.70. The van der Waals surface area contributed by atoms with Crippen molar-refractivity contribution in [1.82, 2.24) is 5.32 Å². The van der Waals surface area contributed by atoms with Gasteiger partial charge < -0.3 is 10.6 Å². The monoisotopic (exact) mass is 457 g/mol. The highest BCUT2D eigenvalue weighted by molar-refractivity contribution is 7.92. The van der Waals surface area contributed by atoms with Gasteiger partial charge in [-0.25, -0.2) is 8.42 Å². The molecule has 0 unspecified atom stereocenters. The van der Waals surface area contributed by atoms with Crippen LogP contribution >= 0.6 is 0 Å². The second-order valence-corrected chi connectivity index (χ2v) is 10.4. The summed E-state index contributed by atoms with van der Waals surface area (Å²) in [5.41, 5.74) is 2.83. The number of carbonyl (C=O) groups excluding carboxylic acids is 2. The van der Waals surface area contributed by atoms with E-state index in [-0.39, 0.29) is 18.5 Å². The van der Waals surface area contributed by atoms with Crippen molar-refractivity contribution >= 4 is 33.2 Å². The lowest BCUT2D eigenvalue weighted by atomic mass is 9.95. The molecule has 0 atom stereocenters. The van der Waals surface area contributed by atoms with Crippen LogP contribution in [0.3, 0.4) is 0 Å². The van der Waals surface area contributed by atoms with E-state index in [9.17, 15) is 18.0 Å². The molecule has 7 nitrogen and oxygen atoms in total. The number of carbonyl (C=O) groups is 2. The molecule has 1 aliphatic rings. The van der Waals surface area contributed by atoms with Gasteiger partial charge in [-0.1, -0.05) is 43.5 Å². The molecule has 2 aromatic rings. The topological polar surface area (TPSA) is 95.6 Å². The van der Waals surface area contributed by atoms with Gasteiger partial charge in [0.2, 0.25) is 15.9 Å². The molecule has 0 heterocycles. The van der Waals surface area contributed by atoms with E-state index in [4.69, 9.17) is 0 Å². The zero-order valence-corrected chi connectivity index (χ0v) is 19.7. The van der Waals surface area contributed by atoms with Crippen LogP contribution in [0.15, 0.2) is 42.5 Å². The zero-order valence-electron chi connectivity index (χ0n) is 18.8. The molecule has 0 saturated heterocycles. The van der Waals surface area contributed by atoms with Gasteiger partial charge in [-0.15, -0.1) is 0 Å². The van der Waals surface area contributed by atoms with Crippen molar-refractivity contribution in [3.63, 3.8) is 0 Å². The molecule has 0 spiro atoms. The minimum absolute atomic E-state index is 0.144. The number of nitrogens with zero attached hydrogens (tertiary/aromatic N) is 1. The standard InChI is InChI=1S/C24H31N3O4S/c1-17-13-14-18(2)22(15-17)27(32(3,30)31)16-23(28)26-21-12-8-7-11-20(21)24(29)25-19-9-5-4-6-10-19/h7-8,11-15,19H,4-6,9-10,16H2,1-3H3,(H,25,29)(H,26,28). The van der Waals surface area contributed by atoms with Gasteiger partial charge in [-0.05, 0) is 56.0 Å². The summed E-state index contributed by atoms with van der Waals surface area (Å²) in [4.78, 5) is 25.7. The summed E-state index contributed by atoms with van der Waals surface area (Å²) in [5.74, 6) is -0.753. The lowest BCUT2D eigenvalue weighted by Gasteiger charge is -2.25. The first-order chi connectivity index (χ1) is 15.1. The molecule has 1 saturated carbocycles. The largest absolute Gasteiger partial charge is 0.349 e. The first-order valence-electron chi connectivity index (χ1n) is 10.9. The van der Waals surface area contributed by atoms with Crippen LogP contribution in [0.2, 0.25) is 0 Å². The van der Waals surface area contributed by atoms with E-state index in [1.54, 1.807) is 37.3 Å². The van der Waals surface area contributed by atoms with Crippen LogP contribution in [0.4, 0.5) is 11.4 Å². The highest BCUT2D eigenvalue weighted by atomic mass is 32.2. The predicted octanol–water partition coefficient (Wildman–Crippen LogP) is 3.77. The predicted molar refractivity (Wildman–Crippen MR) is 128 cm³/mol. The SMILES string of the molecule is Cc1ccc(C)c(N(CC(=O)Nc2ccccc2C(=O)NC2CCCCC2)S(C)(=O)=O)c1. The van der Waals surface area contributed by atoms with E-state index in [0.717, 1.165) is 47.4 Å². The highest BCUT2D eigenvalue weighted by Gasteiger charge is 2.24. The van der Waals surface area contributed by atoms with E-state index in [1.807, 2.05) is 19.1 Å². The average molecular weight is 458 g/mol. The molecular weight excluding hydrogens is 426 g/mol. The van der Waals surface area contributed by atoms with Crippen molar-refractivity contribution in [2.75, 3.05) is 22.4 Å².